The van der Waals surface area contributed by atoms with Gasteiger partial charge in [-0.2, -0.15) is 0 Å². The van der Waals surface area contributed by atoms with Crippen LogP contribution in [0.2, 0.25) is 9.26 Å². The summed E-state index contributed by atoms with van der Waals surface area (Å²) in [6, 6.07) is 49.9. The van der Waals surface area contributed by atoms with Crippen LogP contribution in [0.3, 0.4) is 0 Å². The molecule has 0 bridgehead atoms. The van der Waals surface area contributed by atoms with Crippen molar-refractivity contribution in [3.05, 3.63) is 167 Å². The quantitative estimate of drug-likeness (QED) is 0.160. The van der Waals surface area contributed by atoms with Gasteiger partial charge < -0.3 is 0 Å². The molecule has 8 rings (SSSR count). The average molecular weight is 707 g/mol. The average Bonchev–Trinajstić information content (AvgIpc) is 3.64. The van der Waals surface area contributed by atoms with Gasteiger partial charge in [0.15, 0.2) is 0 Å². The summed E-state index contributed by atoms with van der Waals surface area (Å²) in [6.45, 7) is 2.44. The molecule has 6 aromatic carbocycles. The maximum absolute atomic E-state index is 3.95. The van der Waals surface area contributed by atoms with E-state index in [1.54, 1.807) is 11.1 Å². The molecule has 0 heterocycles. The van der Waals surface area contributed by atoms with E-state index in [4.69, 9.17) is 0 Å². The second-order valence-electron chi connectivity index (χ2n) is 13.3. The topological polar surface area (TPSA) is 0 Å². The van der Waals surface area contributed by atoms with E-state index < -0.39 is 17.4 Å². The Labute approximate surface area is 275 Å². The first-order valence-corrected chi connectivity index (χ1v) is 28.7. The van der Waals surface area contributed by atoms with Crippen LogP contribution < -0.4 is 0 Å². The third-order valence-electron chi connectivity index (χ3n) is 9.94. The van der Waals surface area contributed by atoms with Crippen molar-refractivity contribution in [2.75, 3.05) is 0 Å². The van der Waals surface area contributed by atoms with Crippen molar-refractivity contribution in [1.29, 1.82) is 0 Å². The summed E-state index contributed by atoms with van der Waals surface area (Å²) in [7, 11) is 0. The standard InChI is InChI=1S/2C19H13.2CH3.2ClH.H2Si.Zr/c2*1-2-6-14(7-3-1)17-12-16-11-10-15-8-4-5-9-18(15)19(16)13-17;;;;;;/h2*1-13H;2*1H3;2*1H;1H2;. The van der Waals surface area contributed by atoms with Gasteiger partial charge in [0.25, 0.3) is 0 Å². The first-order valence-electron chi connectivity index (χ1n) is 15.0. The molecule has 0 aliphatic heterocycles. The summed E-state index contributed by atoms with van der Waals surface area (Å²) in [5.41, 5.74) is 11.6. The number of hydrogen-bond acceptors (Lipinski definition) is 0. The fourth-order valence-corrected chi connectivity index (χ4v) is 26.6. The number of rotatable bonds is 4. The van der Waals surface area contributed by atoms with Crippen molar-refractivity contribution >= 4 is 76.5 Å². The monoisotopic (exact) mass is 704 g/mol. The van der Waals surface area contributed by atoms with Gasteiger partial charge in [0, 0.05) is 0 Å². The van der Waals surface area contributed by atoms with Crippen molar-refractivity contribution in [3.63, 3.8) is 0 Å². The molecule has 0 spiro atoms. The van der Waals surface area contributed by atoms with E-state index in [0.717, 1.165) is 0 Å². The van der Waals surface area contributed by atoms with E-state index in [1.807, 2.05) is 0 Å². The van der Waals surface area contributed by atoms with Gasteiger partial charge in [-0.3, -0.25) is 0 Å². The van der Waals surface area contributed by atoms with Crippen LogP contribution in [-0.2, 0) is 17.4 Å². The molecule has 2 aliphatic rings. The Morgan fingerprint density at radius 2 is 0.818 bits per heavy atom. The number of benzene rings is 6. The second kappa shape index (κ2) is 11.4. The molecular formula is C40H36Cl2SiZr. The molecule has 0 aromatic heterocycles. The molecule has 0 radical (unpaired) electrons. The molecule has 218 valence electrons. The molecule has 0 N–H and O–H groups in total. The molecular weight excluding hydrogens is 671 g/mol. The zero-order chi connectivity index (χ0) is 28.5. The normalized spacial score (nSPS) is 17.2. The molecule has 2 atom stereocenters. The van der Waals surface area contributed by atoms with Crippen LogP contribution >= 0.6 is 24.8 Å². The van der Waals surface area contributed by atoms with Crippen LogP contribution in [0.5, 0.6) is 0 Å². The van der Waals surface area contributed by atoms with Gasteiger partial charge >= 0.3 is 252 Å². The summed E-state index contributed by atoms with van der Waals surface area (Å²) in [6.07, 6.45) is 5.06. The van der Waals surface area contributed by atoms with Crippen LogP contribution in [-0.4, -0.2) is 6.88 Å². The van der Waals surface area contributed by atoms with Gasteiger partial charge in [0.1, 0.15) is 0 Å². The molecule has 0 saturated heterocycles. The van der Waals surface area contributed by atoms with Gasteiger partial charge in [-0.05, 0) is 0 Å². The van der Waals surface area contributed by atoms with Crippen molar-refractivity contribution in [2.24, 2.45) is 0 Å². The maximum atomic E-state index is 2.76. The van der Waals surface area contributed by atoms with E-state index in [-0.39, 0.29) is 24.8 Å². The van der Waals surface area contributed by atoms with Crippen molar-refractivity contribution < 1.29 is 17.4 Å². The van der Waals surface area contributed by atoms with Gasteiger partial charge in [-0.25, -0.2) is 0 Å². The predicted octanol–water partition coefficient (Wildman–Crippen LogP) is 11.1. The molecule has 4 heteroatoms. The second-order valence-corrected chi connectivity index (χ2v) is 43.8. The molecule has 0 nitrogen and oxygen atoms in total. The zero-order valence-corrected chi connectivity index (χ0v) is 30.5. The van der Waals surface area contributed by atoms with Gasteiger partial charge in [0.2, 0.25) is 0 Å². The van der Waals surface area contributed by atoms with Crippen molar-refractivity contribution in [3.8, 4) is 0 Å². The fraction of sp³-hybridized carbons (Fsp3) is 0.100. The first kappa shape index (κ1) is 31.0. The van der Waals surface area contributed by atoms with Crippen LogP contribution in [0.25, 0.3) is 44.8 Å². The van der Waals surface area contributed by atoms with Crippen LogP contribution in [0.4, 0.5) is 0 Å². The summed E-state index contributed by atoms with van der Waals surface area (Å²) >= 11 is -3.95. The van der Waals surface area contributed by atoms with E-state index >= 15 is 0 Å². The predicted molar refractivity (Wildman–Crippen MR) is 197 cm³/mol. The van der Waals surface area contributed by atoms with Gasteiger partial charge in [-0.1, -0.05) is 0 Å². The van der Waals surface area contributed by atoms with E-state index in [1.165, 1.54) is 54.9 Å². The van der Waals surface area contributed by atoms with E-state index in [0.29, 0.717) is 7.25 Å². The van der Waals surface area contributed by atoms with Gasteiger partial charge in [0.05, 0.1) is 0 Å². The Bertz CT molecular complexity index is 2020. The van der Waals surface area contributed by atoms with E-state index in [2.05, 4.69) is 162 Å². The molecule has 0 fully saturated rings. The third-order valence-corrected chi connectivity index (χ3v) is 27.0. The third kappa shape index (κ3) is 4.74. The minimum atomic E-state index is -3.95. The number of halogens is 2. The summed E-state index contributed by atoms with van der Waals surface area (Å²) in [4.78, 5) is 0. The van der Waals surface area contributed by atoms with E-state index in [9.17, 15) is 0 Å². The molecule has 2 unspecified atom stereocenters. The molecule has 0 amide bonds. The summed E-state index contributed by atoms with van der Waals surface area (Å²) < 4.78 is 6.29. The molecule has 44 heavy (non-hydrogen) atoms. The Morgan fingerprint density at radius 1 is 0.455 bits per heavy atom. The molecule has 6 aromatic rings. The van der Waals surface area contributed by atoms with Gasteiger partial charge in [-0.15, -0.1) is 24.8 Å². The Kier molecular flexibility index (Phi) is 8.04. The first-order chi connectivity index (χ1) is 20.4. The molecule has 2 aliphatic carbocycles. The summed E-state index contributed by atoms with van der Waals surface area (Å²) in [5.74, 6) is 0. The number of fused-ring (bicyclic) bond motifs is 6. The molecule has 0 saturated carbocycles. The van der Waals surface area contributed by atoms with Crippen LogP contribution in [0.1, 0.15) is 40.6 Å². The Hall–Kier alpha value is -3.00. The SMILES string of the molecule is Cl.Cl.[CH3][Zr]([CH3])(=[SiH2])([CH]1C(c2ccccc2)=Cc2ccc3ccccc3c21)[CH]1C(c2ccccc2)=Cc2ccc3ccccc3c21. The Balaban J connectivity index is 0.00000171. The Morgan fingerprint density at radius 3 is 1.23 bits per heavy atom. The van der Waals surface area contributed by atoms with Crippen LogP contribution in [0.15, 0.2) is 133 Å². The van der Waals surface area contributed by atoms with Crippen molar-refractivity contribution in [2.45, 2.75) is 16.5 Å². The fourth-order valence-electron chi connectivity index (χ4n) is 8.23. The summed E-state index contributed by atoms with van der Waals surface area (Å²) in [5, 5.41) is 5.52. The zero-order valence-electron chi connectivity index (χ0n) is 25.0. The number of allylic oxidation sites excluding steroid dienone is 2. The van der Waals surface area contributed by atoms with Crippen molar-refractivity contribution in [1.82, 2.24) is 0 Å². The number of hydrogen-bond donors (Lipinski definition) is 0. The minimum absolute atomic E-state index is 0. The van der Waals surface area contributed by atoms with Crippen LogP contribution in [0, 0.1) is 0 Å².